The number of rotatable bonds is 6. The van der Waals surface area contributed by atoms with Gasteiger partial charge in [0.05, 0.1) is 28.7 Å². The number of H-pyrrole nitrogens is 2. The van der Waals surface area contributed by atoms with E-state index in [1.165, 1.54) is 32.6 Å². The summed E-state index contributed by atoms with van der Waals surface area (Å²) in [5, 5.41) is 0. The Hall–Kier alpha value is -3.68. The summed E-state index contributed by atoms with van der Waals surface area (Å²) in [4.78, 5) is 21.1. The first-order valence-corrected chi connectivity index (χ1v) is 15.0. The zero-order chi connectivity index (χ0) is 29.2. The number of hydrogen-bond acceptors (Lipinski definition) is 5. The van der Waals surface area contributed by atoms with Crippen molar-refractivity contribution in [2.75, 3.05) is 46.9 Å². The van der Waals surface area contributed by atoms with E-state index in [0.717, 1.165) is 63.6 Å². The molecule has 0 saturated carbocycles. The summed E-state index contributed by atoms with van der Waals surface area (Å²) in [5.74, 6) is 3.24. The SMILES string of the molecule is CC.CC(C)CCOc1ccc(-c2nc3ccc(-c4nc5ccccc5[nH]4)cc3[nH]2)cc1.CN1CCCN(C)CC1. The highest BCUT2D eigenvalue weighted by molar-refractivity contribution is 5.85. The number of hydrogen-bond donors (Lipinski definition) is 2. The molecule has 1 aliphatic heterocycles. The van der Waals surface area contributed by atoms with Crippen LogP contribution in [0.1, 0.15) is 40.5 Å². The summed E-state index contributed by atoms with van der Waals surface area (Å²) in [7, 11) is 4.39. The van der Waals surface area contributed by atoms with E-state index in [9.17, 15) is 0 Å². The molecule has 7 heteroatoms. The Morgan fingerprint density at radius 2 is 1.32 bits per heavy atom. The third-order valence-corrected chi connectivity index (χ3v) is 7.18. The average molecular weight is 555 g/mol. The number of para-hydroxylation sites is 2. The molecule has 218 valence electrons. The Bertz CT molecular complexity index is 1440. The lowest BCUT2D eigenvalue weighted by Gasteiger charge is -2.13. The van der Waals surface area contributed by atoms with Crippen molar-refractivity contribution in [2.45, 2.75) is 40.5 Å². The molecule has 1 fully saturated rings. The molecule has 6 rings (SSSR count). The average Bonchev–Trinajstić information content (AvgIpc) is 3.57. The van der Waals surface area contributed by atoms with Gasteiger partial charge >= 0.3 is 0 Å². The van der Waals surface area contributed by atoms with E-state index in [0.29, 0.717) is 5.92 Å². The van der Waals surface area contributed by atoms with Gasteiger partial charge in [0.2, 0.25) is 0 Å². The van der Waals surface area contributed by atoms with Gasteiger partial charge in [-0.15, -0.1) is 0 Å². The van der Waals surface area contributed by atoms with Gasteiger partial charge in [0.15, 0.2) is 0 Å². The van der Waals surface area contributed by atoms with Gasteiger partial charge in [0, 0.05) is 24.2 Å². The molecule has 0 aliphatic carbocycles. The van der Waals surface area contributed by atoms with Gasteiger partial charge < -0.3 is 24.5 Å². The molecule has 0 atom stereocenters. The van der Waals surface area contributed by atoms with Crippen molar-refractivity contribution in [3.05, 3.63) is 66.7 Å². The van der Waals surface area contributed by atoms with E-state index in [1.54, 1.807) is 0 Å². The molecule has 7 nitrogen and oxygen atoms in total. The topological polar surface area (TPSA) is 73.1 Å². The van der Waals surface area contributed by atoms with Gasteiger partial charge in [-0.1, -0.05) is 39.8 Å². The molecule has 3 aromatic carbocycles. The van der Waals surface area contributed by atoms with Crippen LogP contribution in [-0.4, -0.2) is 76.6 Å². The largest absolute Gasteiger partial charge is 0.494 e. The molecule has 5 aromatic rings. The summed E-state index contributed by atoms with van der Waals surface area (Å²) in [6, 6.07) is 22.3. The highest BCUT2D eigenvalue weighted by Gasteiger charge is 2.10. The van der Waals surface area contributed by atoms with Crippen LogP contribution < -0.4 is 4.74 Å². The number of likely N-dealkylation sites (N-methyl/N-ethyl adjacent to an activating group) is 2. The molecular weight excluding hydrogens is 508 g/mol. The number of imidazole rings is 2. The lowest BCUT2D eigenvalue weighted by Crippen LogP contribution is -2.25. The minimum absolute atomic E-state index is 0.643. The fourth-order valence-corrected chi connectivity index (χ4v) is 4.68. The van der Waals surface area contributed by atoms with E-state index in [4.69, 9.17) is 14.7 Å². The van der Waals surface area contributed by atoms with E-state index in [1.807, 2.05) is 68.4 Å². The molecule has 0 radical (unpaired) electrons. The maximum atomic E-state index is 5.82. The molecule has 2 aromatic heterocycles. The minimum Gasteiger partial charge on any atom is -0.494 e. The molecule has 2 N–H and O–H groups in total. The molecule has 0 bridgehead atoms. The van der Waals surface area contributed by atoms with Crippen molar-refractivity contribution in [3.63, 3.8) is 0 Å². The summed E-state index contributed by atoms with van der Waals surface area (Å²) in [5.41, 5.74) is 5.99. The molecule has 3 heterocycles. The first-order valence-electron chi connectivity index (χ1n) is 15.0. The van der Waals surface area contributed by atoms with Crippen molar-refractivity contribution in [1.29, 1.82) is 0 Å². The number of nitrogens with one attached hydrogen (secondary N) is 2. The molecule has 1 saturated heterocycles. The standard InChI is InChI=1S/C25H24N4O.C7H16N2.C2H6/c1-16(2)13-14-30-19-10-7-17(8-11-19)24-28-22-12-9-18(15-23(22)29-24)25-26-20-5-3-4-6-21(20)27-25;1-8-4-3-5-9(2)7-6-8;1-2/h3-12,15-16H,13-14H2,1-2H3,(H,26,27)(H,28,29);3-7H2,1-2H3;1-2H3. The second kappa shape index (κ2) is 14.8. The zero-order valence-corrected chi connectivity index (χ0v) is 25.6. The normalized spacial score (nSPS) is 14.3. The molecule has 1 aliphatic rings. The van der Waals surface area contributed by atoms with E-state index < -0.39 is 0 Å². The van der Waals surface area contributed by atoms with Crippen LogP contribution in [0.25, 0.3) is 44.8 Å². The van der Waals surface area contributed by atoms with Crippen LogP contribution in [0, 0.1) is 5.92 Å². The summed E-state index contributed by atoms with van der Waals surface area (Å²) in [6.45, 7) is 14.1. The van der Waals surface area contributed by atoms with Gasteiger partial charge in [-0.2, -0.15) is 0 Å². The van der Waals surface area contributed by atoms with Crippen LogP contribution in [0.15, 0.2) is 66.7 Å². The second-order valence-electron chi connectivity index (χ2n) is 10.9. The number of benzene rings is 3. The maximum absolute atomic E-state index is 5.82. The number of aromatic amines is 2. The predicted octanol–water partition coefficient (Wildman–Crippen LogP) is 7.48. The van der Waals surface area contributed by atoms with E-state index in [2.05, 4.69) is 59.8 Å². The molecule has 0 spiro atoms. The van der Waals surface area contributed by atoms with Gasteiger partial charge in [-0.05, 0) is 101 Å². The van der Waals surface area contributed by atoms with Crippen LogP contribution in [-0.2, 0) is 0 Å². The molecule has 0 unspecified atom stereocenters. The van der Waals surface area contributed by atoms with Crippen LogP contribution in [0.4, 0.5) is 0 Å². The third-order valence-electron chi connectivity index (χ3n) is 7.18. The van der Waals surface area contributed by atoms with Crippen LogP contribution in [0.3, 0.4) is 0 Å². The third kappa shape index (κ3) is 8.41. The van der Waals surface area contributed by atoms with Gasteiger partial charge in [-0.25, -0.2) is 9.97 Å². The molecular formula is C34H46N6O. The Balaban J connectivity index is 0.000000299. The van der Waals surface area contributed by atoms with Crippen molar-refractivity contribution >= 4 is 22.1 Å². The Kier molecular flexibility index (Phi) is 10.9. The maximum Gasteiger partial charge on any atom is 0.138 e. The molecule has 0 amide bonds. The second-order valence-corrected chi connectivity index (χ2v) is 10.9. The number of fused-ring (bicyclic) bond motifs is 2. The minimum atomic E-state index is 0.643. The Morgan fingerprint density at radius 3 is 1.98 bits per heavy atom. The van der Waals surface area contributed by atoms with Gasteiger partial charge in [-0.3, -0.25) is 0 Å². The van der Waals surface area contributed by atoms with Gasteiger partial charge in [0.1, 0.15) is 17.4 Å². The highest BCUT2D eigenvalue weighted by Crippen LogP contribution is 2.27. The van der Waals surface area contributed by atoms with Crippen molar-refractivity contribution in [2.24, 2.45) is 5.92 Å². The fraction of sp³-hybridized carbons (Fsp3) is 0.412. The predicted molar refractivity (Wildman–Crippen MR) is 173 cm³/mol. The lowest BCUT2D eigenvalue weighted by atomic mass is 10.1. The van der Waals surface area contributed by atoms with Gasteiger partial charge in [0.25, 0.3) is 0 Å². The first kappa shape index (κ1) is 30.3. The van der Waals surface area contributed by atoms with Crippen LogP contribution >= 0.6 is 0 Å². The van der Waals surface area contributed by atoms with Crippen LogP contribution in [0.5, 0.6) is 5.75 Å². The van der Waals surface area contributed by atoms with E-state index in [-0.39, 0.29) is 0 Å². The van der Waals surface area contributed by atoms with Crippen molar-refractivity contribution in [1.82, 2.24) is 29.7 Å². The quantitative estimate of drug-likeness (QED) is 0.228. The summed E-state index contributed by atoms with van der Waals surface area (Å²) >= 11 is 0. The number of nitrogens with zero attached hydrogens (tertiary/aromatic N) is 4. The smallest absolute Gasteiger partial charge is 0.138 e. The Labute approximate surface area is 245 Å². The van der Waals surface area contributed by atoms with Crippen molar-refractivity contribution < 1.29 is 4.74 Å². The van der Waals surface area contributed by atoms with Crippen LogP contribution in [0.2, 0.25) is 0 Å². The number of aromatic nitrogens is 4. The molecule has 41 heavy (non-hydrogen) atoms. The number of ether oxygens (including phenoxy) is 1. The summed E-state index contributed by atoms with van der Waals surface area (Å²) in [6.07, 6.45) is 2.38. The monoisotopic (exact) mass is 554 g/mol. The van der Waals surface area contributed by atoms with Crippen molar-refractivity contribution in [3.8, 4) is 28.5 Å². The fourth-order valence-electron chi connectivity index (χ4n) is 4.68. The lowest BCUT2D eigenvalue weighted by molar-refractivity contribution is 0.289. The highest BCUT2D eigenvalue weighted by atomic mass is 16.5. The summed E-state index contributed by atoms with van der Waals surface area (Å²) < 4.78 is 5.82. The zero-order valence-electron chi connectivity index (χ0n) is 25.6. The first-order chi connectivity index (χ1) is 19.9. The van der Waals surface area contributed by atoms with E-state index >= 15 is 0 Å². The Morgan fingerprint density at radius 1 is 0.732 bits per heavy atom.